The number of carboxylic acid groups (broad SMARTS) is 1. The summed E-state index contributed by atoms with van der Waals surface area (Å²) in [5, 5.41) is 10.1. The Labute approximate surface area is 186 Å². The lowest BCUT2D eigenvalue weighted by Gasteiger charge is -2.29. The number of carbonyl (C=O) groups is 2. The summed E-state index contributed by atoms with van der Waals surface area (Å²) in [6.45, 7) is 8.45. The minimum Gasteiger partial charge on any atom is -0.494 e. The number of anilines is 1. The van der Waals surface area contributed by atoms with Crippen LogP contribution in [0.25, 0.3) is 22.2 Å². The smallest absolute Gasteiger partial charge is 0.416 e. The predicted molar refractivity (Wildman–Crippen MR) is 120 cm³/mol. The Morgan fingerprint density at radius 1 is 1.12 bits per heavy atom. The first-order chi connectivity index (χ1) is 15.0. The molecule has 1 aromatic carbocycles. The van der Waals surface area contributed by atoms with E-state index in [0.717, 1.165) is 10.5 Å². The van der Waals surface area contributed by atoms with E-state index in [4.69, 9.17) is 9.47 Å². The Morgan fingerprint density at radius 3 is 2.41 bits per heavy atom. The van der Waals surface area contributed by atoms with Gasteiger partial charge in [-0.15, -0.1) is 0 Å². The lowest BCUT2D eigenvalue weighted by Crippen LogP contribution is -2.46. The minimum absolute atomic E-state index is 0.103. The molecule has 0 saturated heterocycles. The van der Waals surface area contributed by atoms with Crippen LogP contribution in [0.15, 0.2) is 36.8 Å². The van der Waals surface area contributed by atoms with Gasteiger partial charge in [-0.25, -0.2) is 24.5 Å². The molecule has 0 saturated carbocycles. The van der Waals surface area contributed by atoms with Gasteiger partial charge in [0.05, 0.1) is 12.8 Å². The third kappa shape index (κ3) is 4.77. The molecule has 0 aliphatic carbocycles. The van der Waals surface area contributed by atoms with Crippen LogP contribution in [0.3, 0.4) is 0 Å². The SMILES string of the molecule is COc1cc(-c2ccc(C)cn2)cc2c(N(C(=O)OC(C)(C)C)C(C)C(=O)O)ncnc12. The second-order valence-corrected chi connectivity index (χ2v) is 8.36. The van der Waals surface area contributed by atoms with E-state index >= 15 is 0 Å². The second kappa shape index (κ2) is 8.78. The van der Waals surface area contributed by atoms with Crippen LogP contribution in [0.2, 0.25) is 0 Å². The molecule has 2 aromatic heterocycles. The number of aryl methyl sites for hydroxylation is 1. The average Bonchev–Trinajstić information content (AvgIpc) is 2.72. The van der Waals surface area contributed by atoms with E-state index in [2.05, 4.69) is 15.0 Å². The van der Waals surface area contributed by atoms with Crippen LogP contribution in [-0.2, 0) is 9.53 Å². The highest BCUT2D eigenvalue weighted by atomic mass is 16.6. The van der Waals surface area contributed by atoms with E-state index in [1.54, 1.807) is 39.1 Å². The number of amides is 1. The molecule has 9 heteroatoms. The summed E-state index contributed by atoms with van der Waals surface area (Å²) in [5.41, 5.74) is 2.00. The third-order valence-electron chi connectivity index (χ3n) is 4.67. The molecule has 3 aromatic rings. The van der Waals surface area contributed by atoms with Crippen molar-refractivity contribution < 1.29 is 24.2 Å². The van der Waals surface area contributed by atoms with Crippen LogP contribution in [0.5, 0.6) is 5.75 Å². The number of nitrogens with zero attached hydrogens (tertiary/aromatic N) is 4. The van der Waals surface area contributed by atoms with Gasteiger partial charge >= 0.3 is 12.1 Å². The van der Waals surface area contributed by atoms with Gasteiger partial charge in [-0.1, -0.05) is 6.07 Å². The molecule has 0 bridgehead atoms. The number of aromatic nitrogens is 3. The van der Waals surface area contributed by atoms with Crippen molar-refractivity contribution in [3.8, 4) is 17.0 Å². The first-order valence-electron chi connectivity index (χ1n) is 10.0. The molecule has 168 valence electrons. The molecule has 0 aliphatic rings. The molecule has 3 rings (SSSR count). The van der Waals surface area contributed by atoms with Crippen LogP contribution < -0.4 is 9.64 Å². The van der Waals surface area contributed by atoms with E-state index in [-0.39, 0.29) is 5.82 Å². The van der Waals surface area contributed by atoms with Crippen LogP contribution in [0.1, 0.15) is 33.3 Å². The molecule has 2 heterocycles. The van der Waals surface area contributed by atoms with Gasteiger partial charge in [0.2, 0.25) is 0 Å². The Balaban J connectivity index is 2.27. The summed E-state index contributed by atoms with van der Waals surface area (Å²) < 4.78 is 11.0. The quantitative estimate of drug-likeness (QED) is 0.629. The van der Waals surface area contributed by atoms with Gasteiger partial charge in [0.25, 0.3) is 0 Å². The molecule has 0 aliphatic heterocycles. The fourth-order valence-corrected chi connectivity index (χ4v) is 3.11. The number of rotatable bonds is 5. The number of carbonyl (C=O) groups excluding carboxylic acids is 1. The molecule has 1 unspecified atom stereocenters. The van der Waals surface area contributed by atoms with E-state index in [0.29, 0.717) is 27.9 Å². The largest absolute Gasteiger partial charge is 0.494 e. The molecule has 0 fully saturated rings. The van der Waals surface area contributed by atoms with Gasteiger partial charge in [0.15, 0.2) is 0 Å². The van der Waals surface area contributed by atoms with Crippen molar-refractivity contribution in [2.75, 3.05) is 12.0 Å². The maximum atomic E-state index is 13.0. The number of methoxy groups -OCH3 is 1. The number of fused-ring (bicyclic) bond motifs is 1. The van der Waals surface area contributed by atoms with Gasteiger partial charge in [-0.3, -0.25) is 4.98 Å². The van der Waals surface area contributed by atoms with Crippen molar-refractivity contribution >= 4 is 28.8 Å². The van der Waals surface area contributed by atoms with E-state index in [9.17, 15) is 14.7 Å². The maximum Gasteiger partial charge on any atom is 0.416 e. The number of ether oxygens (including phenoxy) is 2. The van der Waals surface area contributed by atoms with Crippen molar-refractivity contribution in [1.29, 1.82) is 0 Å². The summed E-state index contributed by atoms with van der Waals surface area (Å²) in [7, 11) is 1.51. The first-order valence-corrected chi connectivity index (χ1v) is 10.0. The van der Waals surface area contributed by atoms with Gasteiger partial charge in [-0.05, 0) is 58.4 Å². The standard InChI is InChI=1S/C23H26N4O5/c1-13-7-8-17(24-11-13)15-9-16-19(18(10-15)31-6)25-12-26-20(16)27(14(2)21(28)29)22(30)32-23(3,4)5/h7-12,14H,1-6H3,(H,28,29). The number of hydrogen-bond acceptors (Lipinski definition) is 7. The van der Waals surface area contributed by atoms with Gasteiger partial charge in [0, 0.05) is 17.1 Å². The number of pyridine rings is 1. The minimum atomic E-state index is -1.24. The Bertz CT molecular complexity index is 1160. The molecule has 1 amide bonds. The van der Waals surface area contributed by atoms with E-state index in [1.807, 2.05) is 19.1 Å². The Hall–Kier alpha value is -3.75. The molecule has 9 nitrogen and oxygen atoms in total. The van der Waals surface area contributed by atoms with Crippen LogP contribution >= 0.6 is 0 Å². The van der Waals surface area contributed by atoms with Crippen LogP contribution in [0.4, 0.5) is 10.6 Å². The normalized spacial score (nSPS) is 12.3. The summed E-state index contributed by atoms with van der Waals surface area (Å²) in [6.07, 6.45) is 2.18. The summed E-state index contributed by atoms with van der Waals surface area (Å²) in [6, 6.07) is 6.10. The first kappa shape index (κ1) is 22.9. The van der Waals surface area contributed by atoms with Crippen molar-refractivity contribution in [3.05, 3.63) is 42.4 Å². The number of benzene rings is 1. The predicted octanol–water partition coefficient (Wildman–Crippen LogP) is 4.22. The fourth-order valence-electron chi connectivity index (χ4n) is 3.11. The summed E-state index contributed by atoms with van der Waals surface area (Å²) in [5.74, 6) is -0.659. The zero-order valence-corrected chi connectivity index (χ0v) is 18.9. The molecular formula is C23H26N4O5. The monoisotopic (exact) mass is 438 g/mol. The van der Waals surface area contributed by atoms with Crippen molar-refractivity contribution in [2.24, 2.45) is 0 Å². The number of carboxylic acids is 1. The molecule has 1 N–H and O–H groups in total. The van der Waals surface area contributed by atoms with Crippen molar-refractivity contribution in [1.82, 2.24) is 15.0 Å². The lowest BCUT2D eigenvalue weighted by molar-refractivity contribution is -0.138. The zero-order chi connectivity index (χ0) is 23.6. The van der Waals surface area contributed by atoms with E-state index in [1.165, 1.54) is 20.4 Å². The van der Waals surface area contributed by atoms with Gasteiger partial charge in [0.1, 0.15) is 35.1 Å². The van der Waals surface area contributed by atoms with Crippen molar-refractivity contribution in [2.45, 2.75) is 46.3 Å². The highest BCUT2D eigenvalue weighted by molar-refractivity contribution is 6.04. The van der Waals surface area contributed by atoms with Gasteiger partial charge < -0.3 is 14.6 Å². The van der Waals surface area contributed by atoms with Gasteiger partial charge in [-0.2, -0.15) is 0 Å². The zero-order valence-electron chi connectivity index (χ0n) is 18.9. The summed E-state index contributed by atoms with van der Waals surface area (Å²) >= 11 is 0. The topological polar surface area (TPSA) is 115 Å². The highest BCUT2D eigenvalue weighted by Gasteiger charge is 2.33. The average molecular weight is 438 g/mol. The molecular weight excluding hydrogens is 412 g/mol. The lowest BCUT2D eigenvalue weighted by atomic mass is 10.1. The van der Waals surface area contributed by atoms with Crippen LogP contribution in [0, 0.1) is 6.92 Å². The summed E-state index contributed by atoms with van der Waals surface area (Å²) in [4.78, 5) is 38.9. The van der Waals surface area contributed by atoms with Crippen LogP contribution in [-0.4, -0.2) is 50.9 Å². The fraction of sp³-hybridized carbons (Fsp3) is 0.348. The Kier molecular flexibility index (Phi) is 6.29. The van der Waals surface area contributed by atoms with E-state index < -0.39 is 23.7 Å². The molecule has 32 heavy (non-hydrogen) atoms. The maximum absolute atomic E-state index is 13.0. The Morgan fingerprint density at radius 2 is 1.84 bits per heavy atom. The highest BCUT2D eigenvalue weighted by Crippen LogP contribution is 2.35. The number of aliphatic carboxylic acids is 1. The molecule has 1 atom stereocenters. The molecule has 0 radical (unpaired) electrons. The number of hydrogen-bond donors (Lipinski definition) is 1. The molecule has 0 spiro atoms. The third-order valence-corrected chi connectivity index (χ3v) is 4.67. The second-order valence-electron chi connectivity index (χ2n) is 8.36. The van der Waals surface area contributed by atoms with Crippen molar-refractivity contribution in [3.63, 3.8) is 0 Å².